The SMILES string of the molecule is CCCCCCCc1ccc(C(=O)Oc2ccc3c(F)c(Cl)ccc3c2)cc1. The van der Waals surface area contributed by atoms with E-state index in [1.165, 1.54) is 43.7 Å². The summed E-state index contributed by atoms with van der Waals surface area (Å²) in [6, 6.07) is 15.5. The monoisotopic (exact) mass is 398 g/mol. The molecule has 0 unspecified atom stereocenters. The predicted molar refractivity (Wildman–Crippen MR) is 113 cm³/mol. The standard InChI is InChI=1S/C24H24ClFO2/c1-2-3-4-5-6-7-17-8-10-18(11-9-17)24(27)28-20-13-14-21-19(16-20)12-15-22(25)23(21)26/h8-16H,2-7H2,1H3. The number of ether oxygens (including phenoxy) is 1. The van der Waals surface area contributed by atoms with Crippen LogP contribution in [0.1, 0.15) is 54.9 Å². The van der Waals surface area contributed by atoms with Crippen molar-refractivity contribution in [1.82, 2.24) is 0 Å². The Kier molecular flexibility index (Phi) is 7.05. The number of aryl methyl sites for hydroxylation is 1. The lowest BCUT2D eigenvalue weighted by Crippen LogP contribution is -2.08. The molecule has 0 bridgehead atoms. The Morgan fingerprint density at radius 2 is 1.71 bits per heavy atom. The molecule has 3 aromatic rings. The first kappa shape index (κ1) is 20.3. The molecule has 0 atom stereocenters. The van der Waals surface area contributed by atoms with E-state index in [1.54, 1.807) is 36.4 Å². The maximum absolute atomic E-state index is 14.0. The van der Waals surface area contributed by atoms with Crippen molar-refractivity contribution < 1.29 is 13.9 Å². The summed E-state index contributed by atoms with van der Waals surface area (Å²) >= 11 is 5.80. The van der Waals surface area contributed by atoms with E-state index in [1.807, 2.05) is 12.1 Å². The van der Waals surface area contributed by atoms with E-state index in [-0.39, 0.29) is 5.02 Å². The molecule has 0 saturated heterocycles. The first-order valence-corrected chi connectivity index (χ1v) is 10.1. The molecule has 0 N–H and O–H groups in total. The van der Waals surface area contributed by atoms with Crippen molar-refractivity contribution in [2.75, 3.05) is 0 Å². The van der Waals surface area contributed by atoms with E-state index in [9.17, 15) is 9.18 Å². The highest BCUT2D eigenvalue weighted by molar-refractivity contribution is 6.31. The number of hydrogen-bond donors (Lipinski definition) is 0. The molecule has 0 aliphatic rings. The number of esters is 1. The first-order chi connectivity index (χ1) is 13.6. The average Bonchev–Trinajstić information content (AvgIpc) is 2.71. The third-order valence-electron chi connectivity index (χ3n) is 4.85. The van der Waals surface area contributed by atoms with Crippen LogP contribution in [-0.2, 0) is 6.42 Å². The maximum atomic E-state index is 14.0. The van der Waals surface area contributed by atoms with E-state index in [2.05, 4.69) is 6.92 Å². The molecule has 0 aliphatic heterocycles. The van der Waals surface area contributed by atoms with Crippen molar-refractivity contribution in [2.24, 2.45) is 0 Å². The van der Waals surface area contributed by atoms with Crippen molar-refractivity contribution in [3.05, 3.63) is 76.6 Å². The highest BCUT2D eigenvalue weighted by Gasteiger charge is 2.11. The second-order valence-electron chi connectivity index (χ2n) is 6.99. The van der Waals surface area contributed by atoms with Crippen molar-refractivity contribution in [3.8, 4) is 5.75 Å². The minimum absolute atomic E-state index is 0.0719. The minimum atomic E-state index is -0.470. The summed E-state index contributed by atoms with van der Waals surface area (Å²) in [5, 5.41) is 1.10. The van der Waals surface area contributed by atoms with E-state index < -0.39 is 11.8 Å². The van der Waals surface area contributed by atoms with Crippen molar-refractivity contribution in [1.29, 1.82) is 0 Å². The Morgan fingerprint density at radius 1 is 0.964 bits per heavy atom. The highest BCUT2D eigenvalue weighted by atomic mass is 35.5. The van der Waals surface area contributed by atoms with Gasteiger partial charge in [0.15, 0.2) is 0 Å². The number of rotatable bonds is 8. The van der Waals surface area contributed by atoms with Gasteiger partial charge in [-0.2, -0.15) is 0 Å². The molecule has 0 heterocycles. The molecule has 0 aromatic heterocycles. The zero-order valence-electron chi connectivity index (χ0n) is 16.0. The molecule has 3 rings (SSSR count). The Labute approximate surface area is 170 Å². The lowest BCUT2D eigenvalue weighted by atomic mass is 10.0. The van der Waals surface area contributed by atoms with Crippen molar-refractivity contribution in [2.45, 2.75) is 45.4 Å². The minimum Gasteiger partial charge on any atom is -0.423 e. The highest BCUT2D eigenvalue weighted by Crippen LogP contribution is 2.28. The summed E-state index contributed by atoms with van der Waals surface area (Å²) in [7, 11) is 0. The van der Waals surface area contributed by atoms with Gasteiger partial charge in [0.25, 0.3) is 0 Å². The Hall–Kier alpha value is -2.39. The van der Waals surface area contributed by atoms with Gasteiger partial charge in [-0.25, -0.2) is 9.18 Å². The summed E-state index contributed by atoms with van der Waals surface area (Å²) in [5.74, 6) is -0.523. The van der Waals surface area contributed by atoms with E-state index >= 15 is 0 Å². The van der Waals surface area contributed by atoms with Crippen LogP contribution in [0.25, 0.3) is 10.8 Å². The first-order valence-electron chi connectivity index (χ1n) is 9.77. The Balaban J connectivity index is 1.61. The second-order valence-corrected chi connectivity index (χ2v) is 7.40. The summed E-state index contributed by atoms with van der Waals surface area (Å²) in [4.78, 5) is 12.4. The molecular weight excluding hydrogens is 375 g/mol. The predicted octanol–water partition coefficient (Wildman–Crippen LogP) is 7.36. The van der Waals surface area contributed by atoms with Gasteiger partial charge in [-0.15, -0.1) is 0 Å². The lowest BCUT2D eigenvalue weighted by molar-refractivity contribution is 0.0735. The summed E-state index contributed by atoms with van der Waals surface area (Å²) in [5.41, 5.74) is 1.73. The fraction of sp³-hybridized carbons (Fsp3) is 0.292. The molecule has 0 fully saturated rings. The number of hydrogen-bond acceptors (Lipinski definition) is 2. The molecule has 28 heavy (non-hydrogen) atoms. The average molecular weight is 399 g/mol. The number of carbonyl (C=O) groups excluding carboxylic acids is 1. The molecule has 2 nitrogen and oxygen atoms in total. The quantitative estimate of drug-likeness (QED) is 0.225. The number of unbranched alkanes of at least 4 members (excludes halogenated alkanes) is 4. The number of benzene rings is 3. The Morgan fingerprint density at radius 3 is 2.46 bits per heavy atom. The Bertz CT molecular complexity index is 951. The van der Waals surface area contributed by atoms with Gasteiger partial charge in [0, 0.05) is 5.39 Å². The normalized spacial score (nSPS) is 11.0. The van der Waals surface area contributed by atoms with Crippen LogP contribution < -0.4 is 4.74 Å². The van der Waals surface area contributed by atoms with Crippen molar-refractivity contribution in [3.63, 3.8) is 0 Å². The molecule has 4 heteroatoms. The molecule has 0 spiro atoms. The number of halogens is 2. The van der Waals surface area contributed by atoms with Gasteiger partial charge < -0.3 is 4.74 Å². The zero-order valence-corrected chi connectivity index (χ0v) is 16.8. The molecule has 0 radical (unpaired) electrons. The molecule has 3 aromatic carbocycles. The van der Waals surface area contributed by atoms with Gasteiger partial charge in [-0.3, -0.25) is 0 Å². The van der Waals surface area contributed by atoms with Crippen LogP contribution in [0.4, 0.5) is 4.39 Å². The smallest absolute Gasteiger partial charge is 0.343 e. The number of carbonyl (C=O) groups is 1. The summed E-state index contributed by atoms with van der Waals surface area (Å²) in [6.07, 6.45) is 7.25. The van der Waals surface area contributed by atoms with Crippen molar-refractivity contribution >= 4 is 28.3 Å². The summed E-state index contributed by atoms with van der Waals surface area (Å²) in [6.45, 7) is 2.21. The van der Waals surface area contributed by atoms with E-state index in [0.717, 1.165) is 6.42 Å². The van der Waals surface area contributed by atoms with Gasteiger partial charge in [0.2, 0.25) is 0 Å². The van der Waals surface area contributed by atoms with E-state index in [0.29, 0.717) is 22.1 Å². The molecule has 0 aliphatic carbocycles. The lowest BCUT2D eigenvalue weighted by Gasteiger charge is -2.08. The van der Waals surface area contributed by atoms with Crippen LogP contribution in [0.3, 0.4) is 0 Å². The largest absolute Gasteiger partial charge is 0.423 e. The molecule has 0 saturated carbocycles. The second kappa shape index (κ2) is 9.70. The fourth-order valence-corrected chi connectivity index (χ4v) is 3.38. The third-order valence-corrected chi connectivity index (χ3v) is 5.14. The van der Waals surface area contributed by atoms with Gasteiger partial charge in [-0.05, 0) is 60.2 Å². The molecule has 0 amide bonds. The van der Waals surface area contributed by atoms with Crippen LogP contribution in [-0.4, -0.2) is 5.97 Å². The van der Waals surface area contributed by atoms with Crippen LogP contribution >= 0.6 is 11.6 Å². The summed E-state index contributed by atoms with van der Waals surface area (Å²) < 4.78 is 19.5. The van der Waals surface area contributed by atoms with Gasteiger partial charge in [0.1, 0.15) is 11.6 Å². The molecule has 146 valence electrons. The van der Waals surface area contributed by atoms with Crippen LogP contribution in [0.2, 0.25) is 5.02 Å². The maximum Gasteiger partial charge on any atom is 0.343 e. The van der Waals surface area contributed by atoms with Crippen LogP contribution in [0, 0.1) is 5.82 Å². The fourth-order valence-electron chi connectivity index (χ4n) is 3.21. The van der Waals surface area contributed by atoms with Gasteiger partial charge in [-0.1, -0.05) is 62.4 Å². The number of fused-ring (bicyclic) bond motifs is 1. The van der Waals surface area contributed by atoms with E-state index in [4.69, 9.17) is 16.3 Å². The van der Waals surface area contributed by atoms with Crippen LogP contribution in [0.5, 0.6) is 5.75 Å². The van der Waals surface area contributed by atoms with Crippen LogP contribution in [0.15, 0.2) is 54.6 Å². The van der Waals surface area contributed by atoms with Gasteiger partial charge >= 0.3 is 5.97 Å². The van der Waals surface area contributed by atoms with Gasteiger partial charge in [0.05, 0.1) is 10.6 Å². The third kappa shape index (κ3) is 5.11. The molecular formula is C24H24ClFO2. The topological polar surface area (TPSA) is 26.3 Å². The zero-order chi connectivity index (χ0) is 19.9.